The van der Waals surface area contributed by atoms with Crippen LogP contribution in [0.3, 0.4) is 0 Å². The Hall–Kier alpha value is -2.93. The number of benzene rings is 2. The average Bonchev–Trinajstić information content (AvgIpc) is 3.36. The number of rotatable bonds is 4. The summed E-state index contributed by atoms with van der Waals surface area (Å²) in [6, 6.07) is 14.8. The van der Waals surface area contributed by atoms with Crippen LogP contribution in [0.15, 0.2) is 53.6 Å². The van der Waals surface area contributed by atoms with Crippen molar-refractivity contribution in [2.45, 2.75) is 25.3 Å². The average molecular weight is 393 g/mol. The molecule has 150 valence electrons. The van der Waals surface area contributed by atoms with E-state index in [0.29, 0.717) is 5.91 Å². The van der Waals surface area contributed by atoms with Crippen LogP contribution in [0.5, 0.6) is 0 Å². The van der Waals surface area contributed by atoms with Gasteiger partial charge in [-0.15, -0.1) is 10.2 Å². The zero-order valence-electron chi connectivity index (χ0n) is 16.4. The molecule has 2 aromatic rings. The smallest absolute Gasteiger partial charge is 0.225 e. The molecule has 2 aliphatic heterocycles. The van der Waals surface area contributed by atoms with Crippen LogP contribution >= 0.6 is 0 Å². The quantitative estimate of drug-likeness (QED) is 0.868. The Morgan fingerprint density at radius 2 is 1.62 bits per heavy atom. The van der Waals surface area contributed by atoms with Crippen molar-refractivity contribution in [2.75, 3.05) is 20.1 Å². The van der Waals surface area contributed by atoms with E-state index in [9.17, 15) is 9.18 Å². The number of hydrogen-bond acceptors (Lipinski definition) is 5. The second-order valence-electron chi connectivity index (χ2n) is 7.99. The molecular weight excluding hydrogens is 369 g/mol. The van der Waals surface area contributed by atoms with Crippen molar-refractivity contribution in [3.8, 4) is 11.1 Å². The summed E-state index contributed by atoms with van der Waals surface area (Å²) in [5.74, 6) is 1.18. The van der Waals surface area contributed by atoms with E-state index in [2.05, 4.69) is 10.6 Å². The minimum atomic E-state index is -0.234. The Labute approximate surface area is 169 Å². The molecule has 29 heavy (non-hydrogen) atoms. The molecule has 1 unspecified atom stereocenters. The maximum Gasteiger partial charge on any atom is 0.225 e. The van der Waals surface area contributed by atoms with Gasteiger partial charge in [-0.2, -0.15) is 0 Å². The third-order valence-corrected chi connectivity index (χ3v) is 5.96. The van der Waals surface area contributed by atoms with E-state index >= 15 is 0 Å². The lowest BCUT2D eigenvalue weighted by molar-refractivity contribution is -0.132. The van der Waals surface area contributed by atoms with E-state index in [1.54, 1.807) is 12.1 Å². The Kier molecular flexibility index (Phi) is 4.47. The number of hydrogen-bond donors (Lipinski definition) is 1. The number of nitrogens with one attached hydrogen (secondary N) is 1. The highest BCUT2D eigenvalue weighted by molar-refractivity contribution is 5.99. The molecule has 3 aliphatic rings. The lowest BCUT2D eigenvalue weighted by atomic mass is 10.0. The summed E-state index contributed by atoms with van der Waals surface area (Å²) in [5.41, 5.74) is 6.13. The monoisotopic (exact) mass is 393 g/mol. The lowest BCUT2D eigenvalue weighted by Crippen LogP contribution is -2.51. The summed E-state index contributed by atoms with van der Waals surface area (Å²) in [7, 11) is 1.98. The molecule has 1 N–H and O–H groups in total. The third kappa shape index (κ3) is 3.46. The van der Waals surface area contributed by atoms with Crippen molar-refractivity contribution >= 4 is 11.7 Å². The zero-order chi connectivity index (χ0) is 20.0. The van der Waals surface area contributed by atoms with Gasteiger partial charge in [-0.05, 0) is 42.5 Å². The molecule has 6 nitrogen and oxygen atoms in total. The van der Waals surface area contributed by atoms with E-state index < -0.39 is 0 Å². The summed E-state index contributed by atoms with van der Waals surface area (Å²) in [6.45, 7) is 1.55. The van der Waals surface area contributed by atoms with Gasteiger partial charge in [0.1, 0.15) is 5.82 Å². The van der Waals surface area contributed by atoms with Crippen molar-refractivity contribution in [1.82, 2.24) is 20.6 Å². The van der Waals surface area contributed by atoms with E-state index in [4.69, 9.17) is 0 Å². The number of carbonyl (C=O) groups is 1. The van der Waals surface area contributed by atoms with Gasteiger partial charge in [-0.25, -0.2) is 9.93 Å². The maximum atomic E-state index is 13.1. The van der Waals surface area contributed by atoms with Crippen LogP contribution in [0.2, 0.25) is 0 Å². The minimum Gasteiger partial charge on any atom is -0.341 e. The molecule has 1 saturated carbocycles. The Morgan fingerprint density at radius 3 is 2.28 bits per heavy atom. The van der Waals surface area contributed by atoms with Crippen LogP contribution in [-0.4, -0.2) is 52.9 Å². The Balaban J connectivity index is 1.25. The molecule has 2 fully saturated rings. The topological polar surface area (TPSA) is 51.2 Å². The summed E-state index contributed by atoms with van der Waals surface area (Å²) < 4.78 is 13.1. The molecule has 0 radical (unpaired) electrons. The summed E-state index contributed by atoms with van der Waals surface area (Å²) in [5, 5.41) is 8.54. The van der Waals surface area contributed by atoms with Crippen LogP contribution < -0.4 is 5.53 Å². The fourth-order valence-corrected chi connectivity index (χ4v) is 4.10. The molecule has 2 aromatic carbocycles. The molecule has 1 saturated heterocycles. The van der Waals surface area contributed by atoms with E-state index in [1.165, 1.54) is 12.1 Å². The standard InChI is InChI=1S/C22H24FN5O/c1-26-21(17-4-2-15(3-5-17)16-8-10-19(23)11-9-16)24-25-28(26)20-12-13-27(14-20)22(29)18-6-7-18/h2-5,8-11,18,20,25H,6-7,12-14H2,1H3. The molecular formula is C22H24FN5O. The highest BCUT2D eigenvalue weighted by atomic mass is 19.1. The van der Waals surface area contributed by atoms with Gasteiger partial charge in [0.05, 0.1) is 6.04 Å². The normalized spacial score (nSPS) is 22.0. The van der Waals surface area contributed by atoms with Crippen LogP contribution in [0.1, 0.15) is 24.8 Å². The van der Waals surface area contributed by atoms with Crippen molar-refractivity contribution in [1.29, 1.82) is 0 Å². The maximum absolute atomic E-state index is 13.1. The largest absolute Gasteiger partial charge is 0.341 e. The van der Waals surface area contributed by atoms with E-state index in [1.807, 2.05) is 46.3 Å². The predicted octanol–water partition coefficient (Wildman–Crippen LogP) is 2.83. The van der Waals surface area contributed by atoms with E-state index in [0.717, 1.165) is 54.9 Å². The summed E-state index contributed by atoms with van der Waals surface area (Å²) in [4.78, 5) is 14.3. The highest BCUT2D eigenvalue weighted by Crippen LogP contribution is 2.33. The van der Waals surface area contributed by atoms with Crippen LogP contribution in [-0.2, 0) is 4.79 Å². The Bertz CT molecular complexity index is 939. The van der Waals surface area contributed by atoms with Crippen molar-refractivity contribution < 1.29 is 9.18 Å². The third-order valence-electron chi connectivity index (χ3n) is 5.96. The van der Waals surface area contributed by atoms with Gasteiger partial charge in [0.2, 0.25) is 5.91 Å². The fraction of sp³-hybridized carbons (Fsp3) is 0.364. The molecule has 1 amide bonds. The number of likely N-dealkylation sites (tertiary alicyclic amines) is 1. The van der Waals surface area contributed by atoms with Crippen molar-refractivity contribution in [2.24, 2.45) is 11.0 Å². The van der Waals surface area contributed by atoms with Crippen molar-refractivity contribution in [3.05, 3.63) is 59.9 Å². The van der Waals surface area contributed by atoms with E-state index in [-0.39, 0.29) is 17.8 Å². The number of amides is 1. The first kappa shape index (κ1) is 18.1. The van der Waals surface area contributed by atoms with Crippen LogP contribution in [0.4, 0.5) is 4.39 Å². The van der Waals surface area contributed by atoms with Crippen LogP contribution in [0, 0.1) is 11.7 Å². The summed E-state index contributed by atoms with van der Waals surface area (Å²) in [6.07, 6.45) is 3.02. The predicted molar refractivity (Wildman–Crippen MR) is 109 cm³/mol. The lowest BCUT2D eigenvalue weighted by Gasteiger charge is -2.30. The molecule has 7 heteroatoms. The molecule has 2 heterocycles. The van der Waals surface area contributed by atoms with Gasteiger partial charge < -0.3 is 4.90 Å². The van der Waals surface area contributed by atoms with Crippen molar-refractivity contribution in [3.63, 3.8) is 0 Å². The number of amidine groups is 1. The minimum absolute atomic E-state index is 0.211. The number of nitrogens with zero attached hydrogens (tertiary/aromatic N) is 4. The van der Waals surface area contributed by atoms with Gasteiger partial charge in [0.15, 0.2) is 5.84 Å². The zero-order valence-corrected chi connectivity index (χ0v) is 16.4. The van der Waals surface area contributed by atoms with Crippen LogP contribution in [0.25, 0.3) is 11.1 Å². The van der Waals surface area contributed by atoms with Gasteiger partial charge in [-0.3, -0.25) is 9.80 Å². The summed E-state index contributed by atoms with van der Waals surface area (Å²) >= 11 is 0. The highest BCUT2D eigenvalue weighted by Gasteiger charge is 2.40. The first-order valence-corrected chi connectivity index (χ1v) is 10.1. The molecule has 0 bridgehead atoms. The first-order valence-electron chi connectivity index (χ1n) is 10.1. The van der Waals surface area contributed by atoms with Gasteiger partial charge in [0, 0.05) is 31.6 Å². The fourth-order valence-electron chi connectivity index (χ4n) is 4.10. The van der Waals surface area contributed by atoms with Gasteiger partial charge >= 0.3 is 0 Å². The van der Waals surface area contributed by atoms with Gasteiger partial charge in [-0.1, -0.05) is 36.4 Å². The second kappa shape index (κ2) is 7.15. The number of halogens is 1. The number of hydrazine groups is 2. The molecule has 1 atom stereocenters. The SMILES string of the molecule is CN1C(c2ccc(-c3ccc(F)cc3)cc2)=NNN1C1CCN(C(=O)C2CC2)C1. The molecule has 0 spiro atoms. The number of hydrazone groups is 1. The molecule has 5 rings (SSSR count). The second-order valence-corrected chi connectivity index (χ2v) is 7.99. The number of carbonyl (C=O) groups excluding carboxylic acids is 1. The molecule has 0 aromatic heterocycles. The Morgan fingerprint density at radius 1 is 1.00 bits per heavy atom. The molecule has 1 aliphatic carbocycles. The van der Waals surface area contributed by atoms with Gasteiger partial charge in [0.25, 0.3) is 0 Å². The first-order chi connectivity index (χ1) is 14.1.